The Labute approximate surface area is 124 Å². The maximum absolute atomic E-state index is 12.0. The summed E-state index contributed by atoms with van der Waals surface area (Å²) in [6.07, 6.45) is 4.05. The van der Waals surface area contributed by atoms with Gasteiger partial charge in [-0.15, -0.1) is 0 Å². The number of nitrogens with zero attached hydrogens (tertiary/aromatic N) is 3. The van der Waals surface area contributed by atoms with Crippen LogP contribution in [0.25, 0.3) is 0 Å². The molecule has 112 valence electrons. The second kappa shape index (κ2) is 6.99. The zero-order valence-electron chi connectivity index (χ0n) is 12.4. The lowest BCUT2D eigenvalue weighted by molar-refractivity contribution is -0.118. The molecule has 0 fully saturated rings. The number of carbonyl (C=O) groups excluding carboxylic acids is 1. The number of nitrogens with one attached hydrogen (secondary N) is 1. The fourth-order valence-electron chi connectivity index (χ4n) is 1.93. The van der Waals surface area contributed by atoms with Crippen molar-refractivity contribution in [2.45, 2.75) is 32.9 Å². The predicted molar refractivity (Wildman–Crippen MR) is 81.6 cm³/mol. The second-order valence-corrected chi connectivity index (χ2v) is 5.19. The van der Waals surface area contributed by atoms with Crippen molar-refractivity contribution in [1.82, 2.24) is 14.8 Å². The van der Waals surface area contributed by atoms with Crippen molar-refractivity contribution in [3.8, 4) is 0 Å². The summed E-state index contributed by atoms with van der Waals surface area (Å²) in [5.41, 5.74) is 7.75. The number of hydrogen-bond donors (Lipinski definition) is 2. The van der Waals surface area contributed by atoms with E-state index in [1.165, 1.54) is 6.33 Å². The molecule has 1 aromatic heterocycles. The van der Waals surface area contributed by atoms with Crippen molar-refractivity contribution in [3.63, 3.8) is 0 Å². The van der Waals surface area contributed by atoms with Crippen LogP contribution in [0.3, 0.4) is 0 Å². The highest BCUT2D eigenvalue weighted by Gasteiger charge is 2.19. The third-order valence-corrected chi connectivity index (χ3v) is 3.59. The van der Waals surface area contributed by atoms with E-state index in [9.17, 15) is 4.79 Å². The fraction of sp³-hybridized carbons (Fsp3) is 0.400. The molecule has 2 atom stereocenters. The molecule has 3 N–H and O–H groups in total. The molecule has 1 amide bonds. The van der Waals surface area contributed by atoms with Gasteiger partial charge in [0.25, 0.3) is 0 Å². The van der Waals surface area contributed by atoms with Crippen LogP contribution in [0.2, 0.25) is 0 Å². The maximum Gasteiger partial charge on any atom is 0.241 e. The van der Waals surface area contributed by atoms with Gasteiger partial charge in [-0.05, 0) is 23.6 Å². The molecule has 0 saturated heterocycles. The van der Waals surface area contributed by atoms with Crippen LogP contribution in [0, 0.1) is 5.92 Å². The molecule has 0 spiro atoms. The van der Waals surface area contributed by atoms with Crippen LogP contribution < -0.4 is 11.1 Å². The third kappa shape index (κ3) is 4.13. The summed E-state index contributed by atoms with van der Waals surface area (Å²) in [5, 5.41) is 6.90. The van der Waals surface area contributed by atoms with Crippen LogP contribution in [0.4, 0.5) is 5.69 Å². The molecule has 0 unspecified atom stereocenters. The van der Waals surface area contributed by atoms with E-state index in [-0.39, 0.29) is 11.8 Å². The largest absolute Gasteiger partial charge is 0.325 e. The van der Waals surface area contributed by atoms with Crippen LogP contribution in [-0.4, -0.2) is 26.7 Å². The smallest absolute Gasteiger partial charge is 0.241 e. The molecule has 0 aliphatic rings. The van der Waals surface area contributed by atoms with Crippen molar-refractivity contribution < 1.29 is 4.79 Å². The Balaban J connectivity index is 1.94. The molecule has 0 aliphatic heterocycles. The molecular weight excluding hydrogens is 266 g/mol. The first-order valence-electron chi connectivity index (χ1n) is 7.08. The van der Waals surface area contributed by atoms with E-state index in [1.807, 2.05) is 38.1 Å². The number of nitrogens with two attached hydrogens (primary N) is 1. The number of hydrogen-bond acceptors (Lipinski definition) is 4. The zero-order valence-corrected chi connectivity index (χ0v) is 12.4. The number of aromatic nitrogens is 3. The van der Waals surface area contributed by atoms with Gasteiger partial charge in [-0.2, -0.15) is 5.10 Å². The average molecular weight is 287 g/mol. The highest BCUT2D eigenvalue weighted by atomic mass is 16.2. The van der Waals surface area contributed by atoms with Gasteiger partial charge in [0.1, 0.15) is 12.7 Å². The van der Waals surface area contributed by atoms with E-state index < -0.39 is 6.04 Å². The van der Waals surface area contributed by atoms with Gasteiger partial charge in [-0.1, -0.05) is 32.4 Å². The van der Waals surface area contributed by atoms with E-state index in [0.717, 1.165) is 17.7 Å². The third-order valence-electron chi connectivity index (χ3n) is 3.59. The molecule has 6 nitrogen and oxygen atoms in total. The van der Waals surface area contributed by atoms with Crippen molar-refractivity contribution in [2.24, 2.45) is 11.7 Å². The Bertz CT molecular complexity index is 564. The van der Waals surface area contributed by atoms with Crippen molar-refractivity contribution in [3.05, 3.63) is 42.5 Å². The van der Waals surface area contributed by atoms with Crippen LogP contribution in [0.15, 0.2) is 36.9 Å². The summed E-state index contributed by atoms with van der Waals surface area (Å²) in [6.45, 7) is 4.66. The lowest BCUT2D eigenvalue weighted by Crippen LogP contribution is -2.40. The number of anilines is 1. The quantitative estimate of drug-likeness (QED) is 0.845. The number of amides is 1. The van der Waals surface area contributed by atoms with Gasteiger partial charge < -0.3 is 11.1 Å². The van der Waals surface area contributed by atoms with E-state index >= 15 is 0 Å². The molecule has 0 bridgehead atoms. The molecule has 21 heavy (non-hydrogen) atoms. The van der Waals surface area contributed by atoms with Crippen LogP contribution in [0.1, 0.15) is 25.8 Å². The number of rotatable bonds is 6. The standard InChI is InChI=1S/C15H21N5O/c1-3-11(2)14(16)15(21)19-13-6-4-12(5-7-13)8-20-10-17-9-18-20/h4-7,9-11,14H,3,8,16H2,1-2H3,(H,19,21)/t11-,14-/m0/s1. The van der Waals surface area contributed by atoms with Gasteiger partial charge in [0.05, 0.1) is 12.6 Å². The Morgan fingerprint density at radius 3 is 2.67 bits per heavy atom. The molecule has 0 radical (unpaired) electrons. The van der Waals surface area contributed by atoms with Crippen molar-refractivity contribution >= 4 is 11.6 Å². The molecule has 2 rings (SSSR count). The van der Waals surface area contributed by atoms with Gasteiger partial charge in [0.15, 0.2) is 0 Å². The highest BCUT2D eigenvalue weighted by molar-refractivity contribution is 5.94. The summed E-state index contributed by atoms with van der Waals surface area (Å²) in [6, 6.07) is 7.16. The highest BCUT2D eigenvalue weighted by Crippen LogP contribution is 2.13. The van der Waals surface area contributed by atoms with Crippen LogP contribution in [0.5, 0.6) is 0 Å². The molecular formula is C15H21N5O. The monoisotopic (exact) mass is 287 g/mol. The minimum absolute atomic E-state index is 0.145. The predicted octanol–water partition coefficient (Wildman–Crippen LogP) is 1.64. The first-order chi connectivity index (χ1) is 10.1. The average Bonchev–Trinajstić information content (AvgIpc) is 3.00. The molecule has 1 heterocycles. The van der Waals surface area contributed by atoms with Gasteiger partial charge in [0, 0.05) is 5.69 Å². The second-order valence-electron chi connectivity index (χ2n) is 5.19. The molecule has 0 aliphatic carbocycles. The molecule has 1 aromatic carbocycles. The van der Waals surface area contributed by atoms with E-state index in [2.05, 4.69) is 15.4 Å². The SMILES string of the molecule is CC[C@H](C)[C@H](N)C(=O)Nc1ccc(Cn2cncn2)cc1. The Hall–Kier alpha value is -2.21. The van der Waals surface area contributed by atoms with E-state index in [0.29, 0.717) is 6.54 Å². The Kier molecular flexibility index (Phi) is 5.05. The zero-order chi connectivity index (χ0) is 15.2. The summed E-state index contributed by atoms with van der Waals surface area (Å²) in [7, 11) is 0. The van der Waals surface area contributed by atoms with Crippen LogP contribution in [-0.2, 0) is 11.3 Å². The Morgan fingerprint density at radius 1 is 1.38 bits per heavy atom. The molecule has 2 aromatic rings. The Morgan fingerprint density at radius 2 is 2.10 bits per heavy atom. The lowest BCUT2D eigenvalue weighted by atomic mass is 9.99. The lowest BCUT2D eigenvalue weighted by Gasteiger charge is -2.17. The van der Waals surface area contributed by atoms with E-state index in [1.54, 1.807) is 11.0 Å². The summed E-state index contributed by atoms with van der Waals surface area (Å²) < 4.78 is 1.74. The summed E-state index contributed by atoms with van der Waals surface area (Å²) >= 11 is 0. The van der Waals surface area contributed by atoms with Gasteiger partial charge in [0.2, 0.25) is 5.91 Å². The van der Waals surface area contributed by atoms with Crippen molar-refractivity contribution in [2.75, 3.05) is 5.32 Å². The molecule has 0 saturated carbocycles. The number of carbonyl (C=O) groups is 1. The number of benzene rings is 1. The van der Waals surface area contributed by atoms with E-state index in [4.69, 9.17) is 5.73 Å². The maximum atomic E-state index is 12.0. The fourth-order valence-corrected chi connectivity index (χ4v) is 1.93. The topological polar surface area (TPSA) is 85.8 Å². The summed E-state index contributed by atoms with van der Waals surface area (Å²) in [5.74, 6) is 0.0185. The molecule has 6 heteroatoms. The first kappa shape index (κ1) is 15.2. The minimum Gasteiger partial charge on any atom is -0.325 e. The van der Waals surface area contributed by atoms with Crippen molar-refractivity contribution in [1.29, 1.82) is 0 Å². The van der Waals surface area contributed by atoms with Gasteiger partial charge >= 0.3 is 0 Å². The summed E-state index contributed by atoms with van der Waals surface area (Å²) in [4.78, 5) is 15.9. The van der Waals surface area contributed by atoms with Gasteiger partial charge in [-0.3, -0.25) is 4.79 Å². The van der Waals surface area contributed by atoms with Crippen LogP contribution >= 0.6 is 0 Å². The van der Waals surface area contributed by atoms with Gasteiger partial charge in [-0.25, -0.2) is 9.67 Å². The minimum atomic E-state index is -0.482. The normalized spacial score (nSPS) is 13.7. The first-order valence-corrected chi connectivity index (χ1v) is 7.08.